The molecule has 2 aliphatic rings. The van der Waals surface area contributed by atoms with Gasteiger partial charge in [0.15, 0.2) is 0 Å². The topological polar surface area (TPSA) is 43.4 Å². The summed E-state index contributed by atoms with van der Waals surface area (Å²) in [6.07, 6.45) is 5.05. The zero-order valence-electron chi connectivity index (χ0n) is 8.40. The van der Waals surface area contributed by atoms with Crippen LogP contribution < -0.4 is 0 Å². The van der Waals surface area contributed by atoms with Crippen LogP contribution in [0.25, 0.3) is 0 Å². The van der Waals surface area contributed by atoms with Gasteiger partial charge in [0.1, 0.15) is 5.78 Å². The van der Waals surface area contributed by atoms with Crippen molar-refractivity contribution < 1.29 is 14.3 Å². The Kier molecular flexibility index (Phi) is 2.17. The van der Waals surface area contributed by atoms with Gasteiger partial charge >= 0.3 is 5.97 Å². The van der Waals surface area contributed by atoms with Crippen LogP contribution >= 0.6 is 0 Å². The molecule has 0 aliphatic heterocycles. The number of ether oxygens (including phenoxy) is 1. The van der Waals surface area contributed by atoms with Crippen LogP contribution in [-0.4, -0.2) is 18.9 Å². The van der Waals surface area contributed by atoms with Gasteiger partial charge in [0.2, 0.25) is 0 Å². The van der Waals surface area contributed by atoms with Crippen LogP contribution in [0.2, 0.25) is 0 Å². The lowest BCUT2D eigenvalue weighted by molar-refractivity contribution is -0.150. The van der Waals surface area contributed by atoms with Crippen molar-refractivity contribution >= 4 is 11.8 Å². The van der Waals surface area contributed by atoms with Crippen LogP contribution in [0.1, 0.15) is 13.3 Å². The summed E-state index contributed by atoms with van der Waals surface area (Å²) in [6.45, 7) is 1.56. The van der Waals surface area contributed by atoms with Gasteiger partial charge in [-0.3, -0.25) is 9.59 Å². The fourth-order valence-corrected chi connectivity index (χ4v) is 2.83. The van der Waals surface area contributed by atoms with Gasteiger partial charge in [-0.1, -0.05) is 12.2 Å². The molecule has 0 spiro atoms. The molecule has 0 heterocycles. The average molecular weight is 194 g/mol. The first-order valence-electron chi connectivity index (χ1n) is 4.91. The smallest absolute Gasteiger partial charge is 0.310 e. The van der Waals surface area contributed by atoms with Crippen LogP contribution in [0.4, 0.5) is 0 Å². The minimum Gasteiger partial charge on any atom is -0.469 e. The zero-order valence-corrected chi connectivity index (χ0v) is 8.40. The molecule has 4 unspecified atom stereocenters. The Morgan fingerprint density at radius 3 is 2.29 bits per heavy atom. The molecule has 3 heteroatoms. The molecular formula is C11H14O3. The number of carbonyl (C=O) groups is 2. The van der Waals surface area contributed by atoms with E-state index in [9.17, 15) is 9.59 Å². The summed E-state index contributed by atoms with van der Waals surface area (Å²) in [6, 6.07) is 0. The minimum absolute atomic E-state index is 0.109. The van der Waals surface area contributed by atoms with E-state index < -0.39 is 0 Å². The summed E-state index contributed by atoms with van der Waals surface area (Å²) in [5, 5.41) is 0. The SMILES string of the molecule is COC(=O)C1C2C=CC(C2)C1C(C)=O. The van der Waals surface area contributed by atoms with E-state index in [1.165, 1.54) is 7.11 Å². The summed E-state index contributed by atoms with van der Waals surface area (Å²) in [7, 11) is 1.38. The summed E-state index contributed by atoms with van der Waals surface area (Å²) >= 11 is 0. The molecule has 2 rings (SSSR count). The molecule has 1 saturated carbocycles. The monoisotopic (exact) mass is 194 g/mol. The predicted octanol–water partition coefficient (Wildman–Crippen LogP) is 1.19. The molecule has 1 fully saturated rings. The lowest BCUT2D eigenvalue weighted by Crippen LogP contribution is -2.32. The maximum absolute atomic E-state index is 11.5. The normalized spacial score (nSPS) is 38.7. The molecule has 76 valence electrons. The van der Waals surface area contributed by atoms with Crippen LogP contribution in [0.5, 0.6) is 0 Å². The number of carbonyl (C=O) groups excluding carboxylic acids is 2. The molecule has 0 aromatic rings. The van der Waals surface area contributed by atoms with Crippen LogP contribution in [-0.2, 0) is 14.3 Å². The summed E-state index contributed by atoms with van der Waals surface area (Å²) in [5.41, 5.74) is 0. The Labute approximate surface area is 83.1 Å². The minimum atomic E-state index is -0.234. The molecule has 0 aromatic heterocycles. The Morgan fingerprint density at radius 1 is 1.21 bits per heavy atom. The van der Waals surface area contributed by atoms with E-state index in [4.69, 9.17) is 4.74 Å². The van der Waals surface area contributed by atoms with Crippen molar-refractivity contribution in [1.29, 1.82) is 0 Å². The van der Waals surface area contributed by atoms with Gasteiger partial charge in [0.25, 0.3) is 0 Å². The number of hydrogen-bond acceptors (Lipinski definition) is 3. The average Bonchev–Trinajstić information content (AvgIpc) is 2.74. The van der Waals surface area contributed by atoms with Gasteiger partial charge in [-0.05, 0) is 25.2 Å². The molecule has 3 nitrogen and oxygen atoms in total. The molecule has 2 bridgehead atoms. The molecule has 0 N–H and O–H groups in total. The molecule has 4 atom stereocenters. The Morgan fingerprint density at radius 2 is 1.79 bits per heavy atom. The highest BCUT2D eigenvalue weighted by Crippen LogP contribution is 2.48. The predicted molar refractivity (Wildman–Crippen MR) is 50.4 cm³/mol. The standard InChI is InChI=1S/C11H14O3/c1-6(12)9-7-3-4-8(5-7)10(9)11(13)14-2/h3-4,7-10H,5H2,1-2H3. The molecule has 2 aliphatic carbocycles. The van der Waals surface area contributed by atoms with E-state index >= 15 is 0 Å². The molecule has 14 heavy (non-hydrogen) atoms. The molecule has 0 saturated heterocycles. The number of Topliss-reactive ketones (excluding diaryl/α,β-unsaturated/α-hetero) is 1. The van der Waals surface area contributed by atoms with Gasteiger partial charge in [-0.15, -0.1) is 0 Å². The van der Waals surface area contributed by atoms with Crippen molar-refractivity contribution in [2.45, 2.75) is 13.3 Å². The van der Waals surface area contributed by atoms with Crippen LogP contribution in [0.3, 0.4) is 0 Å². The maximum atomic E-state index is 11.5. The first-order valence-corrected chi connectivity index (χ1v) is 4.91. The fraction of sp³-hybridized carbons (Fsp3) is 0.636. The highest BCUT2D eigenvalue weighted by atomic mass is 16.5. The number of esters is 1. The van der Waals surface area contributed by atoms with Gasteiger partial charge in [-0.25, -0.2) is 0 Å². The van der Waals surface area contributed by atoms with Crippen molar-refractivity contribution in [3.8, 4) is 0 Å². The quantitative estimate of drug-likeness (QED) is 0.490. The van der Waals surface area contributed by atoms with E-state index in [-0.39, 0.29) is 35.4 Å². The van der Waals surface area contributed by atoms with Crippen molar-refractivity contribution in [2.75, 3.05) is 7.11 Å². The second-order valence-corrected chi connectivity index (χ2v) is 4.13. The number of fused-ring (bicyclic) bond motifs is 2. The third-order valence-corrected chi connectivity index (χ3v) is 3.40. The van der Waals surface area contributed by atoms with E-state index in [0.717, 1.165) is 6.42 Å². The zero-order chi connectivity index (χ0) is 10.3. The Balaban J connectivity index is 2.26. The maximum Gasteiger partial charge on any atom is 0.310 e. The Bertz CT molecular complexity index is 306. The lowest BCUT2D eigenvalue weighted by atomic mass is 9.81. The molecule has 0 amide bonds. The van der Waals surface area contributed by atoms with E-state index in [1.807, 2.05) is 6.08 Å². The number of allylic oxidation sites excluding steroid dienone is 2. The largest absolute Gasteiger partial charge is 0.469 e. The van der Waals surface area contributed by atoms with Crippen molar-refractivity contribution in [1.82, 2.24) is 0 Å². The van der Waals surface area contributed by atoms with E-state index in [0.29, 0.717) is 0 Å². The lowest BCUT2D eigenvalue weighted by Gasteiger charge is -2.23. The molecular weight excluding hydrogens is 180 g/mol. The number of methoxy groups -OCH3 is 1. The summed E-state index contributed by atoms with van der Waals surface area (Å²) in [5.74, 6) is -0.00722. The second-order valence-electron chi connectivity index (χ2n) is 4.13. The number of rotatable bonds is 2. The molecule has 0 aromatic carbocycles. The first kappa shape index (κ1) is 9.44. The Hall–Kier alpha value is -1.12. The van der Waals surface area contributed by atoms with Crippen LogP contribution in [0.15, 0.2) is 12.2 Å². The third kappa shape index (κ3) is 1.19. The highest BCUT2D eigenvalue weighted by Gasteiger charge is 2.50. The first-order chi connectivity index (χ1) is 6.65. The third-order valence-electron chi connectivity index (χ3n) is 3.40. The van der Waals surface area contributed by atoms with Crippen molar-refractivity contribution in [3.63, 3.8) is 0 Å². The molecule has 0 radical (unpaired) electrons. The van der Waals surface area contributed by atoms with Crippen LogP contribution in [0, 0.1) is 23.7 Å². The van der Waals surface area contributed by atoms with Crippen molar-refractivity contribution in [2.24, 2.45) is 23.7 Å². The summed E-state index contributed by atoms with van der Waals surface area (Å²) < 4.78 is 4.74. The van der Waals surface area contributed by atoms with Gasteiger partial charge < -0.3 is 4.74 Å². The highest BCUT2D eigenvalue weighted by molar-refractivity contribution is 5.87. The summed E-state index contributed by atoms with van der Waals surface area (Å²) in [4.78, 5) is 22.9. The fourth-order valence-electron chi connectivity index (χ4n) is 2.83. The van der Waals surface area contributed by atoms with E-state index in [1.54, 1.807) is 6.92 Å². The number of ketones is 1. The second kappa shape index (κ2) is 3.23. The number of hydrogen-bond donors (Lipinski definition) is 0. The van der Waals surface area contributed by atoms with Gasteiger partial charge in [-0.2, -0.15) is 0 Å². The van der Waals surface area contributed by atoms with Crippen molar-refractivity contribution in [3.05, 3.63) is 12.2 Å². The van der Waals surface area contributed by atoms with Gasteiger partial charge in [0.05, 0.1) is 13.0 Å². The van der Waals surface area contributed by atoms with E-state index in [2.05, 4.69) is 6.08 Å². The van der Waals surface area contributed by atoms with Gasteiger partial charge in [0, 0.05) is 5.92 Å².